The van der Waals surface area contributed by atoms with Gasteiger partial charge in [-0.2, -0.15) is 0 Å². The van der Waals surface area contributed by atoms with E-state index in [-0.39, 0.29) is 10.7 Å². The fraction of sp³-hybridized carbons (Fsp3) is 0.545. The zero-order valence-electron chi connectivity index (χ0n) is 11.4. The standard InChI is InChI=1S/C11H18BrN5O3S/c12-9-7-10(11(16-13)14-8-9)21(18,19)15-1-2-17-3-5-20-6-4-17/h7-8,15H,1-6,13H2,(H,14,16). The molecule has 21 heavy (non-hydrogen) atoms. The Balaban J connectivity index is 1.99. The van der Waals surface area contributed by atoms with E-state index in [2.05, 4.69) is 36.0 Å². The van der Waals surface area contributed by atoms with E-state index < -0.39 is 10.0 Å². The summed E-state index contributed by atoms with van der Waals surface area (Å²) in [6.07, 6.45) is 1.47. The summed E-state index contributed by atoms with van der Waals surface area (Å²) >= 11 is 3.20. The third-order valence-electron chi connectivity index (χ3n) is 3.07. The van der Waals surface area contributed by atoms with E-state index in [4.69, 9.17) is 10.6 Å². The highest BCUT2D eigenvalue weighted by molar-refractivity contribution is 9.10. The molecule has 0 bridgehead atoms. The van der Waals surface area contributed by atoms with E-state index in [0.29, 0.717) is 30.8 Å². The molecule has 0 atom stereocenters. The fourth-order valence-electron chi connectivity index (χ4n) is 1.97. The second-order valence-corrected chi connectivity index (χ2v) is 7.15. The van der Waals surface area contributed by atoms with Gasteiger partial charge in [-0.05, 0) is 22.0 Å². The summed E-state index contributed by atoms with van der Waals surface area (Å²) in [5, 5.41) is 0. The van der Waals surface area contributed by atoms with Crippen molar-refractivity contribution in [3.8, 4) is 0 Å². The SMILES string of the molecule is NNc1ncc(Br)cc1S(=O)(=O)NCCN1CCOCC1. The summed E-state index contributed by atoms with van der Waals surface area (Å²) < 4.78 is 33.0. The van der Waals surface area contributed by atoms with Gasteiger partial charge in [0, 0.05) is 36.8 Å². The largest absolute Gasteiger partial charge is 0.379 e. The van der Waals surface area contributed by atoms with Crippen LogP contribution in [-0.4, -0.2) is 57.7 Å². The summed E-state index contributed by atoms with van der Waals surface area (Å²) in [7, 11) is -3.67. The number of hydrogen-bond acceptors (Lipinski definition) is 7. The number of morpholine rings is 1. The quantitative estimate of drug-likeness (QED) is 0.461. The smallest absolute Gasteiger partial charge is 0.244 e. The van der Waals surface area contributed by atoms with Gasteiger partial charge >= 0.3 is 0 Å². The number of hydrazine groups is 1. The van der Waals surface area contributed by atoms with E-state index in [1.807, 2.05) is 0 Å². The van der Waals surface area contributed by atoms with Crippen LogP contribution in [0.3, 0.4) is 0 Å². The molecule has 1 fully saturated rings. The van der Waals surface area contributed by atoms with Gasteiger partial charge in [-0.25, -0.2) is 24.0 Å². The molecule has 1 aromatic heterocycles. The predicted octanol–water partition coefficient (Wildman–Crippen LogP) is -0.260. The second kappa shape index (κ2) is 7.47. The molecular weight excluding hydrogens is 362 g/mol. The Bertz CT molecular complexity index is 577. The van der Waals surface area contributed by atoms with E-state index in [0.717, 1.165) is 13.1 Å². The molecule has 2 heterocycles. The maximum atomic E-state index is 12.3. The van der Waals surface area contributed by atoms with Crippen LogP contribution < -0.4 is 16.0 Å². The highest BCUT2D eigenvalue weighted by Crippen LogP contribution is 2.21. The van der Waals surface area contributed by atoms with Crippen LogP contribution >= 0.6 is 15.9 Å². The second-order valence-electron chi connectivity index (χ2n) is 4.50. The number of nitrogen functional groups attached to an aromatic ring is 1. The number of halogens is 1. The molecule has 4 N–H and O–H groups in total. The highest BCUT2D eigenvalue weighted by Gasteiger charge is 2.20. The third kappa shape index (κ3) is 4.59. The van der Waals surface area contributed by atoms with Crippen molar-refractivity contribution in [2.75, 3.05) is 44.8 Å². The minimum absolute atomic E-state index is 0.0151. The topological polar surface area (TPSA) is 110 Å². The van der Waals surface area contributed by atoms with Crippen LogP contribution in [-0.2, 0) is 14.8 Å². The first-order chi connectivity index (χ1) is 10.0. The molecular formula is C11H18BrN5O3S. The van der Waals surface area contributed by atoms with Crippen molar-refractivity contribution in [3.05, 3.63) is 16.7 Å². The molecule has 0 amide bonds. The van der Waals surface area contributed by atoms with Crippen molar-refractivity contribution in [2.45, 2.75) is 4.90 Å². The molecule has 0 aliphatic carbocycles. The van der Waals surface area contributed by atoms with Gasteiger partial charge in [0.25, 0.3) is 0 Å². The molecule has 0 radical (unpaired) electrons. The number of hydrogen-bond donors (Lipinski definition) is 3. The molecule has 0 aromatic carbocycles. The maximum Gasteiger partial charge on any atom is 0.244 e. The molecule has 118 valence electrons. The van der Waals surface area contributed by atoms with Gasteiger partial charge in [-0.15, -0.1) is 0 Å². The van der Waals surface area contributed by atoms with Crippen LogP contribution in [0.2, 0.25) is 0 Å². The number of rotatable bonds is 6. The first-order valence-corrected chi connectivity index (χ1v) is 8.72. The Morgan fingerprint density at radius 3 is 2.81 bits per heavy atom. The van der Waals surface area contributed by atoms with E-state index in [9.17, 15) is 8.42 Å². The van der Waals surface area contributed by atoms with Crippen molar-refractivity contribution >= 4 is 31.8 Å². The Hall–Kier alpha value is -0.780. The molecule has 8 nitrogen and oxygen atoms in total. The van der Waals surface area contributed by atoms with Gasteiger partial charge in [0.1, 0.15) is 4.90 Å². The normalized spacial score (nSPS) is 16.9. The van der Waals surface area contributed by atoms with Gasteiger partial charge < -0.3 is 10.2 Å². The number of nitrogens with two attached hydrogens (primary N) is 1. The number of nitrogens with zero attached hydrogens (tertiary/aromatic N) is 2. The first kappa shape index (κ1) is 16.6. The van der Waals surface area contributed by atoms with Crippen LogP contribution in [0, 0.1) is 0 Å². The average Bonchev–Trinajstić information content (AvgIpc) is 2.48. The van der Waals surface area contributed by atoms with Gasteiger partial charge in [0.05, 0.1) is 13.2 Å². The minimum atomic E-state index is -3.67. The lowest BCUT2D eigenvalue weighted by molar-refractivity contribution is 0.0390. The Morgan fingerprint density at radius 2 is 2.14 bits per heavy atom. The number of ether oxygens (including phenoxy) is 1. The summed E-state index contributed by atoms with van der Waals surface area (Å²) in [4.78, 5) is 6.09. The molecule has 1 aliphatic heterocycles. The van der Waals surface area contributed by atoms with Crippen LogP contribution in [0.25, 0.3) is 0 Å². The van der Waals surface area contributed by atoms with Crippen molar-refractivity contribution in [1.82, 2.24) is 14.6 Å². The Labute approximate surface area is 132 Å². The van der Waals surface area contributed by atoms with Gasteiger partial charge in [0.15, 0.2) is 5.82 Å². The van der Waals surface area contributed by atoms with Crippen LogP contribution in [0.5, 0.6) is 0 Å². The number of pyridine rings is 1. The zero-order chi connectivity index (χ0) is 15.3. The van der Waals surface area contributed by atoms with Crippen molar-refractivity contribution in [3.63, 3.8) is 0 Å². The molecule has 1 saturated heterocycles. The maximum absolute atomic E-state index is 12.3. The lowest BCUT2D eigenvalue weighted by Crippen LogP contribution is -2.41. The average molecular weight is 380 g/mol. The summed E-state index contributed by atoms with van der Waals surface area (Å²) in [6, 6.07) is 1.46. The number of nitrogens with one attached hydrogen (secondary N) is 2. The van der Waals surface area contributed by atoms with Gasteiger partial charge in [-0.3, -0.25) is 4.90 Å². The lowest BCUT2D eigenvalue weighted by atomic mass is 10.4. The monoisotopic (exact) mass is 379 g/mol. The van der Waals surface area contributed by atoms with Crippen molar-refractivity contribution in [2.24, 2.45) is 5.84 Å². The first-order valence-electron chi connectivity index (χ1n) is 6.45. The Kier molecular flexibility index (Phi) is 5.90. The van der Waals surface area contributed by atoms with Gasteiger partial charge in [-0.1, -0.05) is 0 Å². The van der Waals surface area contributed by atoms with Gasteiger partial charge in [0.2, 0.25) is 10.0 Å². The van der Waals surface area contributed by atoms with E-state index in [1.54, 1.807) is 0 Å². The third-order valence-corrected chi connectivity index (χ3v) is 4.98. The van der Waals surface area contributed by atoms with Crippen molar-refractivity contribution in [1.29, 1.82) is 0 Å². The van der Waals surface area contributed by atoms with Crippen LogP contribution in [0.4, 0.5) is 5.82 Å². The molecule has 1 aromatic rings. The molecule has 2 rings (SSSR count). The van der Waals surface area contributed by atoms with Crippen LogP contribution in [0.1, 0.15) is 0 Å². The lowest BCUT2D eigenvalue weighted by Gasteiger charge is -2.26. The fourth-order valence-corrected chi connectivity index (χ4v) is 3.62. The van der Waals surface area contributed by atoms with E-state index >= 15 is 0 Å². The zero-order valence-corrected chi connectivity index (χ0v) is 13.8. The summed E-state index contributed by atoms with van der Waals surface area (Å²) in [6.45, 7) is 3.95. The minimum Gasteiger partial charge on any atom is -0.379 e. The number of anilines is 1. The molecule has 0 spiro atoms. The Morgan fingerprint density at radius 1 is 1.43 bits per heavy atom. The summed E-state index contributed by atoms with van der Waals surface area (Å²) in [5.41, 5.74) is 2.29. The number of sulfonamides is 1. The van der Waals surface area contributed by atoms with Crippen LogP contribution in [0.15, 0.2) is 21.6 Å². The predicted molar refractivity (Wildman–Crippen MR) is 82.2 cm³/mol. The molecule has 10 heteroatoms. The highest BCUT2D eigenvalue weighted by atomic mass is 79.9. The van der Waals surface area contributed by atoms with Crippen molar-refractivity contribution < 1.29 is 13.2 Å². The molecule has 0 saturated carbocycles. The summed E-state index contributed by atoms with van der Waals surface area (Å²) in [5.74, 6) is 5.41. The molecule has 0 unspecified atom stereocenters. The van der Waals surface area contributed by atoms with E-state index in [1.165, 1.54) is 12.3 Å². The molecule has 1 aliphatic rings. The number of aromatic nitrogens is 1.